The summed E-state index contributed by atoms with van der Waals surface area (Å²) >= 11 is 1.51. The molecule has 0 N–H and O–H groups in total. The minimum atomic E-state index is -0.511. The predicted molar refractivity (Wildman–Crippen MR) is 82.4 cm³/mol. The second-order valence-corrected chi connectivity index (χ2v) is 5.94. The van der Waals surface area contributed by atoms with Crippen LogP contribution in [-0.4, -0.2) is 17.3 Å². The van der Waals surface area contributed by atoms with Crippen molar-refractivity contribution in [2.24, 2.45) is 4.99 Å². The molecule has 0 bridgehead atoms. The standard InChI is InChI=1S/C16H18N2O2S/c1-2-20-16(19)17-15-18(10-12-6-4-3-5-7-12)14(11-21-15)13-8-9-13/h3-7,11,13H,2,8-10H2,1H3. The van der Waals surface area contributed by atoms with E-state index in [4.69, 9.17) is 4.74 Å². The van der Waals surface area contributed by atoms with Crippen molar-refractivity contribution < 1.29 is 9.53 Å². The average molecular weight is 302 g/mol. The van der Waals surface area contributed by atoms with Crippen LogP contribution in [0.5, 0.6) is 0 Å². The molecule has 1 heterocycles. The fourth-order valence-corrected chi connectivity index (χ4v) is 3.26. The number of ether oxygens (including phenoxy) is 1. The van der Waals surface area contributed by atoms with Gasteiger partial charge < -0.3 is 9.30 Å². The molecule has 0 aliphatic heterocycles. The molecule has 3 rings (SSSR count). The normalized spacial score (nSPS) is 15.2. The summed E-state index contributed by atoms with van der Waals surface area (Å²) in [5.41, 5.74) is 2.50. The molecular weight excluding hydrogens is 284 g/mol. The second-order valence-electron chi connectivity index (χ2n) is 5.10. The zero-order chi connectivity index (χ0) is 14.7. The van der Waals surface area contributed by atoms with Crippen LogP contribution in [0.1, 0.15) is 36.9 Å². The Hall–Kier alpha value is -1.88. The minimum absolute atomic E-state index is 0.349. The average Bonchev–Trinajstić information content (AvgIpc) is 3.25. The third kappa shape index (κ3) is 3.42. The zero-order valence-electron chi connectivity index (χ0n) is 12.0. The first-order chi connectivity index (χ1) is 10.3. The number of carbonyl (C=O) groups excluding carboxylic acids is 1. The lowest BCUT2D eigenvalue weighted by Crippen LogP contribution is -2.20. The van der Waals surface area contributed by atoms with Gasteiger partial charge in [-0.2, -0.15) is 0 Å². The maximum Gasteiger partial charge on any atom is 0.436 e. The number of hydrogen-bond acceptors (Lipinski definition) is 3. The van der Waals surface area contributed by atoms with E-state index in [0.29, 0.717) is 12.5 Å². The van der Waals surface area contributed by atoms with Crippen molar-refractivity contribution in [2.75, 3.05) is 6.61 Å². The van der Waals surface area contributed by atoms with Crippen LogP contribution in [0.25, 0.3) is 0 Å². The van der Waals surface area contributed by atoms with Gasteiger partial charge in [-0.3, -0.25) is 0 Å². The highest BCUT2D eigenvalue weighted by molar-refractivity contribution is 7.07. The van der Waals surface area contributed by atoms with Crippen molar-refractivity contribution in [2.45, 2.75) is 32.2 Å². The highest BCUT2D eigenvalue weighted by Gasteiger charge is 2.27. The molecule has 0 unspecified atom stereocenters. The van der Waals surface area contributed by atoms with E-state index in [9.17, 15) is 4.79 Å². The number of nitrogens with zero attached hydrogens (tertiary/aromatic N) is 2. The minimum Gasteiger partial charge on any atom is -0.448 e. The monoisotopic (exact) mass is 302 g/mol. The molecule has 1 aliphatic carbocycles. The second kappa shape index (κ2) is 6.26. The highest BCUT2D eigenvalue weighted by atomic mass is 32.1. The van der Waals surface area contributed by atoms with Crippen LogP contribution in [0.2, 0.25) is 0 Å². The van der Waals surface area contributed by atoms with Gasteiger partial charge in [-0.25, -0.2) is 4.79 Å². The van der Waals surface area contributed by atoms with E-state index in [2.05, 4.69) is 27.1 Å². The lowest BCUT2D eigenvalue weighted by Gasteiger charge is -2.08. The first kappa shape index (κ1) is 14.1. The van der Waals surface area contributed by atoms with Gasteiger partial charge in [-0.1, -0.05) is 30.3 Å². The molecule has 1 saturated carbocycles. The molecule has 1 aliphatic rings. The molecule has 1 fully saturated rings. The van der Waals surface area contributed by atoms with E-state index in [1.54, 1.807) is 6.92 Å². The van der Waals surface area contributed by atoms with Crippen LogP contribution in [-0.2, 0) is 11.3 Å². The molecular formula is C16H18N2O2S. The number of benzene rings is 1. The van der Waals surface area contributed by atoms with Gasteiger partial charge in [-0.05, 0) is 25.3 Å². The van der Waals surface area contributed by atoms with Crippen LogP contribution in [0, 0.1) is 0 Å². The molecule has 0 radical (unpaired) electrons. The topological polar surface area (TPSA) is 43.6 Å². The fraction of sp³-hybridized carbons (Fsp3) is 0.375. The summed E-state index contributed by atoms with van der Waals surface area (Å²) in [6.45, 7) is 2.88. The number of carbonyl (C=O) groups is 1. The van der Waals surface area contributed by atoms with Crippen molar-refractivity contribution in [1.29, 1.82) is 0 Å². The Morgan fingerprint density at radius 2 is 2.14 bits per heavy atom. The summed E-state index contributed by atoms with van der Waals surface area (Å²) in [7, 11) is 0. The summed E-state index contributed by atoms with van der Waals surface area (Å²) in [5.74, 6) is 0.621. The van der Waals surface area contributed by atoms with Crippen LogP contribution >= 0.6 is 11.3 Å². The first-order valence-corrected chi connectivity index (χ1v) is 8.09. The van der Waals surface area contributed by atoms with E-state index >= 15 is 0 Å². The summed E-state index contributed by atoms with van der Waals surface area (Å²) in [6.07, 6.45) is 1.94. The Labute approximate surface area is 127 Å². The van der Waals surface area contributed by atoms with Crippen LogP contribution in [0.15, 0.2) is 40.7 Å². The van der Waals surface area contributed by atoms with Gasteiger partial charge >= 0.3 is 6.09 Å². The molecule has 21 heavy (non-hydrogen) atoms. The number of rotatable bonds is 4. The van der Waals surface area contributed by atoms with Gasteiger partial charge in [0.2, 0.25) is 0 Å². The molecule has 0 spiro atoms. The van der Waals surface area contributed by atoms with E-state index in [1.165, 1.54) is 35.4 Å². The third-order valence-electron chi connectivity index (χ3n) is 3.46. The smallest absolute Gasteiger partial charge is 0.436 e. The van der Waals surface area contributed by atoms with E-state index in [0.717, 1.165) is 11.3 Å². The molecule has 1 aromatic heterocycles. The van der Waals surface area contributed by atoms with E-state index in [-0.39, 0.29) is 0 Å². The molecule has 2 aromatic rings. The summed E-state index contributed by atoms with van der Waals surface area (Å²) in [5, 5.41) is 2.12. The quantitative estimate of drug-likeness (QED) is 0.867. The maximum atomic E-state index is 11.6. The summed E-state index contributed by atoms with van der Waals surface area (Å²) in [4.78, 5) is 16.4. The Morgan fingerprint density at radius 3 is 2.81 bits per heavy atom. The van der Waals surface area contributed by atoms with Crippen molar-refractivity contribution in [3.05, 3.63) is 51.8 Å². The largest absolute Gasteiger partial charge is 0.448 e. The number of hydrogen-bond donors (Lipinski definition) is 0. The Morgan fingerprint density at radius 1 is 1.38 bits per heavy atom. The van der Waals surface area contributed by atoms with Crippen LogP contribution < -0.4 is 4.80 Å². The van der Waals surface area contributed by atoms with Crippen molar-refractivity contribution in [3.8, 4) is 0 Å². The van der Waals surface area contributed by atoms with Crippen LogP contribution in [0.4, 0.5) is 4.79 Å². The molecule has 1 amide bonds. The summed E-state index contributed by atoms with van der Waals surface area (Å²) in [6, 6.07) is 10.3. The number of thiazole rings is 1. The van der Waals surface area contributed by atoms with Crippen LogP contribution in [0.3, 0.4) is 0 Å². The molecule has 0 atom stereocenters. The summed E-state index contributed by atoms with van der Waals surface area (Å²) < 4.78 is 7.07. The molecule has 110 valence electrons. The van der Waals surface area contributed by atoms with E-state index < -0.39 is 6.09 Å². The molecule has 1 aromatic carbocycles. The van der Waals surface area contributed by atoms with Gasteiger partial charge in [0.05, 0.1) is 13.2 Å². The maximum absolute atomic E-state index is 11.6. The predicted octanol–water partition coefficient (Wildman–Crippen LogP) is 3.53. The Kier molecular flexibility index (Phi) is 4.20. The SMILES string of the molecule is CCOC(=O)N=c1scc(C2CC2)n1Cc1ccccc1. The van der Waals surface area contributed by atoms with Gasteiger partial charge in [0.25, 0.3) is 0 Å². The fourth-order valence-electron chi connectivity index (χ4n) is 2.29. The Balaban J connectivity index is 1.95. The third-order valence-corrected chi connectivity index (χ3v) is 4.34. The van der Waals surface area contributed by atoms with Crippen molar-refractivity contribution >= 4 is 17.4 Å². The lowest BCUT2D eigenvalue weighted by atomic mass is 10.2. The number of aromatic nitrogens is 1. The lowest BCUT2D eigenvalue weighted by molar-refractivity contribution is 0.162. The van der Waals surface area contributed by atoms with E-state index in [1.807, 2.05) is 18.2 Å². The van der Waals surface area contributed by atoms with Gasteiger partial charge in [0.15, 0.2) is 4.80 Å². The number of amides is 1. The van der Waals surface area contributed by atoms with Gasteiger partial charge in [-0.15, -0.1) is 16.3 Å². The molecule has 4 nitrogen and oxygen atoms in total. The molecule has 0 saturated heterocycles. The van der Waals surface area contributed by atoms with Crippen molar-refractivity contribution in [1.82, 2.24) is 4.57 Å². The first-order valence-electron chi connectivity index (χ1n) is 7.21. The Bertz CT molecular complexity index is 684. The zero-order valence-corrected chi connectivity index (χ0v) is 12.8. The van der Waals surface area contributed by atoms with Gasteiger partial charge in [0, 0.05) is 17.0 Å². The molecule has 5 heteroatoms. The van der Waals surface area contributed by atoms with Gasteiger partial charge in [0.1, 0.15) is 0 Å². The highest BCUT2D eigenvalue weighted by Crippen LogP contribution is 2.40. The van der Waals surface area contributed by atoms with Crippen molar-refractivity contribution in [3.63, 3.8) is 0 Å².